The van der Waals surface area contributed by atoms with Gasteiger partial charge in [-0.25, -0.2) is 0 Å². The second-order valence-electron chi connectivity index (χ2n) is 4.71. The fraction of sp³-hybridized carbons (Fsp3) is 0.538. The number of hydrogen-bond acceptors (Lipinski definition) is 3. The zero-order valence-electron chi connectivity index (χ0n) is 9.95. The standard InChI is InChI=1S/C13H18BrNO2/c1-17-11-4-3-9(14)7-10(11)12(16)13(8-15)5-2-6-13/h3-4,7,12,16H,2,5-6,8,15H2,1H3. The van der Waals surface area contributed by atoms with Gasteiger partial charge in [-0.2, -0.15) is 0 Å². The minimum absolute atomic E-state index is 0.159. The van der Waals surface area contributed by atoms with Gasteiger partial charge in [0.25, 0.3) is 0 Å². The van der Waals surface area contributed by atoms with Crippen molar-refractivity contribution in [3.8, 4) is 5.75 Å². The molecular weight excluding hydrogens is 282 g/mol. The number of methoxy groups -OCH3 is 1. The van der Waals surface area contributed by atoms with Gasteiger partial charge >= 0.3 is 0 Å². The quantitative estimate of drug-likeness (QED) is 0.898. The first kappa shape index (κ1) is 12.9. The highest BCUT2D eigenvalue weighted by Crippen LogP contribution is 2.51. The van der Waals surface area contributed by atoms with Crippen LogP contribution in [0.4, 0.5) is 0 Å². The molecule has 1 aliphatic rings. The van der Waals surface area contributed by atoms with E-state index in [1.807, 2.05) is 18.2 Å². The molecule has 2 rings (SSSR count). The summed E-state index contributed by atoms with van der Waals surface area (Å²) in [6, 6.07) is 5.69. The maximum absolute atomic E-state index is 10.5. The molecule has 1 fully saturated rings. The van der Waals surface area contributed by atoms with Crippen LogP contribution in [0.1, 0.15) is 30.9 Å². The molecule has 1 aromatic carbocycles. The molecule has 0 aliphatic heterocycles. The molecule has 0 saturated heterocycles. The highest BCUT2D eigenvalue weighted by Gasteiger charge is 2.43. The van der Waals surface area contributed by atoms with Crippen LogP contribution in [0, 0.1) is 5.41 Å². The second kappa shape index (κ2) is 4.96. The number of nitrogens with two attached hydrogens (primary N) is 1. The molecule has 0 radical (unpaired) electrons. The van der Waals surface area contributed by atoms with Crippen LogP contribution in [-0.2, 0) is 0 Å². The van der Waals surface area contributed by atoms with Crippen LogP contribution in [0.25, 0.3) is 0 Å². The topological polar surface area (TPSA) is 55.5 Å². The average Bonchev–Trinajstić information content (AvgIpc) is 2.28. The molecule has 3 N–H and O–H groups in total. The van der Waals surface area contributed by atoms with E-state index in [0.717, 1.165) is 35.0 Å². The first-order valence-corrected chi connectivity index (χ1v) is 6.64. The van der Waals surface area contributed by atoms with Gasteiger partial charge in [-0.3, -0.25) is 0 Å². The highest BCUT2D eigenvalue weighted by molar-refractivity contribution is 9.10. The van der Waals surface area contributed by atoms with Crippen LogP contribution < -0.4 is 10.5 Å². The van der Waals surface area contributed by atoms with E-state index in [0.29, 0.717) is 6.54 Å². The zero-order chi connectivity index (χ0) is 12.5. The van der Waals surface area contributed by atoms with E-state index in [2.05, 4.69) is 15.9 Å². The molecule has 1 unspecified atom stereocenters. The Morgan fingerprint density at radius 3 is 2.71 bits per heavy atom. The van der Waals surface area contributed by atoms with E-state index in [4.69, 9.17) is 10.5 Å². The van der Waals surface area contributed by atoms with Crippen molar-refractivity contribution in [3.05, 3.63) is 28.2 Å². The van der Waals surface area contributed by atoms with Crippen molar-refractivity contribution in [1.29, 1.82) is 0 Å². The van der Waals surface area contributed by atoms with Gasteiger partial charge in [0, 0.05) is 22.0 Å². The molecule has 0 amide bonds. The summed E-state index contributed by atoms with van der Waals surface area (Å²) in [6.07, 6.45) is 2.57. The minimum atomic E-state index is -0.548. The Morgan fingerprint density at radius 1 is 1.53 bits per heavy atom. The highest BCUT2D eigenvalue weighted by atomic mass is 79.9. The summed E-state index contributed by atoms with van der Waals surface area (Å²) in [6.45, 7) is 0.518. The molecule has 17 heavy (non-hydrogen) atoms. The Bertz CT molecular complexity index is 399. The second-order valence-corrected chi connectivity index (χ2v) is 5.62. The van der Waals surface area contributed by atoms with Crippen molar-refractivity contribution >= 4 is 15.9 Å². The molecule has 1 atom stereocenters. The lowest BCUT2D eigenvalue weighted by Crippen LogP contribution is -2.42. The Morgan fingerprint density at radius 2 is 2.24 bits per heavy atom. The van der Waals surface area contributed by atoms with E-state index in [1.165, 1.54) is 0 Å². The third-order valence-electron chi connectivity index (χ3n) is 3.82. The largest absolute Gasteiger partial charge is 0.496 e. The van der Waals surface area contributed by atoms with Crippen LogP contribution in [0.2, 0.25) is 0 Å². The van der Waals surface area contributed by atoms with Crippen molar-refractivity contribution < 1.29 is 9.84 Å². The summed E-state index contributed by atoms with van der Waals surface area (Å²) in [7, 11) is 1.62. The van der Waals surface area contributed by atoms with Crippen LogP contribution in [0.5, 0.6) is 5.75 Å². The number of rotatable bonds is 4. The molecule has 4 heteroatoms. The Hall–Kier alpha value is -0.580. The van der Waals surface area contributed by atoms with E-state index in [-0.39, 0.29) is 5.41 Å². The fourth-order valence-electron chi connectivity index (χ4n) is 2.47. The van der Waals surface area contributed by atoms with E-state index >= 15 is 0 Å². The number of ether oxygens (including phenoxy) is 1. The number of benzene rings is 1. The maximum atomic E-state index is 10.5. The van der Waals surface area contributed by atoms with Crippen molar-refractivity contribution in [3.63, 3.8) is 0 Å². The SMILES string of the molecule is COc1ccc(Br)cc1C(O)C1(CN)CCC1. The number of aliphatic hydroxyl groups is 1. The van der Waals surface area contributed by atoms with Gasteiger partial charge in [-0.15, -0.1) is 0 Å². The van der Waals surface area contributed by atoms with Crippen LogP contribution in [0.15, 0.2) is 22.7 Å². The monoisotopic (exact) mass is 299 g/mol. The van der Waals surface area contributed by atoms with Gasteiger partial charge < -0.3 is 15.6 Å². The summed E-state index contributed by atoms with van der Waals surface area (Å²) >= 11 is 3.42. The van der Waals surface area contributed by atoms with Crippen molar-refractivity contribution in [2.24, 2.45) is 11.1 Å². The predicted molar refractivity (Wildman–Crippen MR) is 71.0 cm³/mol. The first-order chi connectivity index (χ1) is 8.13. The summed E-state index contributed by atoms with van der Waals surface area (Å²) in [4.78, 5) is 0. The molecular formula is C13H18BrNO2. The van der Waals surface area contributed by atoms with E-state index in [1.54, 1.807) is 7.11 Å². The lowest BCUT2D eigenvalue weighted by atomic mass is 9.63. The third-order valence-corrected chi connectivity index (χ3v) is 4.32. The zero-order valence-corrected chi connectivity index (χ0v) is 11.5. The van der Waals surface area contributed by atoms with Crippen molar-refractivity contribution in [2.45, 2.75) is 25.4 Å². The molecule has 0 bridgehead atoms. The molecule has 0 spiro atoms. The number of aliphatic hydroxyl groups excluding tert-OH is 1. The van der Waals surface area contributed by atoms with Gasteiger partial charge in [-0.1, -0.05) is 22.4 Å². The lowest BCUT2D eigenvalue weighted by Gasteiger charge is -2.45. The number of hydrogen-bond donors (Lipinski definition) is 2. The molecule has 3 nitrogen and oxygen atoms in total. The predicted octanol–water partition coefficient (Wildman–Crippen LogP) is 2.62. The summed E-state index contributed by atoms with van der Waals surface area (Å²) in [5.41, 5.74) is 6.49. The first-order valence-electron chi connectivity index (χ1n) is 5.84. The van der Waals surface area contributed by atoms with Gasteiger partial charge in [0.2, 0.25) is 0 Å². The Kier molecular flexibility index (Phi) is 3.76. The molecule has 0 aromatic heterocycles. The third kappa shape index (κ3) is 2.21. The van der Waals surface area contributed by atoms with Crippen LogP contribution in [0.3, 0.4) is 0 Å². The molecule has 1 aliphatic carbocycles. The Labute approximate surface area is 110 Å². The van der Waals surface area contributed by atoms with Gasteiger partial charge in [0.1, 0.15) is 5.75 Å². The lowest BCUT2D eigenvalue weighted by molar-refractivity contribution is -0.0308. The smallest absolute Gasteiger partial charge is 0.124 e. The van der Waals surface area contributed by atoms with Gasteiger partial charge in [0.15, 0.2) is 0 Å². The molecule has 1 aromatic rings. The van der Waals surface area contributed by atoms with E-state index in [9.17, 15) is 5.11 Å². The molecule has 94 valence electrons. The van der Waals surface area contributed by atoms with Gasteiger partial charge in [-0.05, 0) is 31.0 Å². The minimum Gasteiger partial charge on any atom is -0.496 e. The Balaban J connectivity index is 2.35. The molecule has 1 saturated carbocycles. The summed E-state index contributed by atoms with van der Waals surface area (Å²) in [5, 5.41) is 10.5. The van der Waals surface area contributed by atoms with E-state index < -0.39 is 6.10 Å². The summed E-state index contributed by atoms with van der Waals surface area (Å²) < 4.78 is 6.25. The maximum Gasteiger partial charge on any atom is 0.124 e. The molecule has 0 heterocycles. The van der Waals surface area contributed by atoms with Crippen LogP contribution in [-0.4, -0.2) is 18.8 Å². The normalized spacial score (nSPS) is 19.5. The van der Waals surface area contributed by atoms with Crippen molar-refractivity contribution in [1.82, 2.24) is 0 Å². The van der Waals surface area contributed by atoms with Crippen molar-refractivity contribution in [2.75, 3.05) is 13.7 Å². The van der Waals surface area contributed by atoms with Crippen LogP contribution >= 0.6 is 15.9 Å². The number of halogens is 1. The fourth-order valence-corrected chi connectivity index (χ4v) is 2.85. The summed E-state index contributed by atoms with van der Waals surface area (Å²) in [5.74, 6) is 0.723. The van der Waals surface area contributed by atoms with Gasteiger partial charge in [0.05, 0.1) is 13.2 Å². The average molecular weight is 300 g/mol.